The van der Waals surface area contributed by atoms with Crippen molar-refractivity contribution >= 4 is 0 Å². The van der Waals surface area contributed by atoms with Gasteiger partial charge in [0.2, 0.25) is 0 Å². The first-order valence-electron chi connectivity index (χ1n) is 5.46. The predicted octanol–water partition coefficient (Wildman–Crippen LogP) is 3.28. The van der Waals surface area contributed by atoms with Gasteiger partial charge in [0.05, 0.1) is 13.2 Å². The Morgan fingerprint density at radius 2 is 2.00 bits per heavy atom. The zero-order valence-electron chi connectivity index (χ0n) is 9.78. The molecular weight excluding hydrogens is 188 g/mol. The number of hydrogen-bond donors (Lipinski definition) is 0. The van der Waals surface area contributed by atoms with Gasteiger partial charge < -0.3 is 9.47 Å². The Morgan fingerprint density at radius 1 is 1.33 bits per heavy atom. The quantitative estimate of drug-likeness (QED) is 0.708. The highest BCUT2D eigenvalue weighted by Crippen LogP contribution is 2.43. The summed E-state index contributed by atoms with van der Waals surface area (Å²) in [5.74, 6) is 1.48. The van der Waals surface area contributed by atoms with E-state index in [1.807, 2.05) is 6.07 Å². The lowest BCUT2D eigenvalue weighted by molar-refractivity contribution is 0.368. The molecule has 1 aromatic carbocycles. The summed E-state index contributed by atoms with van der Waals surface area (Å²) in [7, 11) is 1.71. The molecule has 1 heterocycles. The van der Waals surface area contributed by atoms with Crippen molar-refractivity contribution in [2.45, 2.75) is 38.9 Å². The van der Waals surface area contributed by atoms with Crippen molar-refractivity contribution in [3.63, 3.8) is 0 Å². The van der Waals surface area contributed by atoms with Gasteiger partial charge >= 0.3 is 0 Å². The SMILES string of the molecule is COc1ccc(C(C)C)cc1C1OC1C. The van der Waals surface area contributed by atoms with E-state index in [9.17, 15) is 0 Å². The molecule has 15 heavy (non-hydrogen) atoms. The predicted molar refractivity (Wildman–Crippen MR) is 60.4 cm³/mol. The maximum absolute atomic E-state index is 5.50. The van der Waals surface area contributed by atoms with Gasteiger partial charge in [-0.2, -0.15) is 0 Å². The van der Waals surface area contributed by atoms with E-state index >= 15 is 0 Å². The van der Waals surface area contributed by atoms with E-state index in [4.69, 9.17) is 9.47 Å². The summed E-state index contributed by atoms with van der Waals surface area (Å²) in [6, 6.07) is 6.37. The van der Waals surface area contributed by atoms with Crippen LogP contribution >= 0.6 is 0 Å². The van der Waals surface area contributed by atoms with Gasteiger partial charge in [-0.05, 0) is 30.5 Å². The summed E-state index contributed by atoms with van der Waals surface area (Å²) in [5.41, 5.74) is 2.53. The van der Waals surface area contributed by atoms with Gasteiger partial charge in [0.1, 0.15) is 11.9 Å². The molecule has 2 unspecified atom stereocenters. The van der Waals surface area contributed by atoms with Crippen LogP contribution in [0.15, 0.2) is 18.2 Å². The third-order valence-electron chi connectivity index (χ3n) is 2.94. The molecule has 82 valence electrons. The van der Waals surface area contributed by atoms with Crippen LogP contribution in [0.4, 0.5) is 0 Å². The molecule has 0 bridgehead atoms. The summed E-state index contributed by atoms with van der Waals surface area (Å²) in [6.07, 6.45) is 0.569. The summed E-state index contributed by atoms with van der Waals surface area (Å²) in [6.45, 7) is 6.48. The summed E-state index contributed by atoms with van der Waals surface area (Å²) >= 11 is 0. The monoisotopic (exact) mass is 206 g/mol. The summed E-state index contributed by atoms with van der Waals surface area (Å²) < 4.78 is 10.8. The topological polar surface area (TPSA) is 21.8 Å². The number of epoxide rings is 1. The van der Waals surface area contributed by atoms with Gasteiger partial charge in [0.25, 0.3) is 0 Å². The smallest absolute Gasteiger partial charge is 0.124 e. The number of hydrogen-bond acceptors (Lipinski definition) is 2. The van der Waals surface area contributed by atoms with E-state index in [0.29, 0.717) is 12.0 Å². The molecule has 0 radical (unpaired) electrons. The fraction of sp³-hybridized carbons (Fsp3) is 0.538. The average Bonchev–Trinajstić information content (AvgIpc) is 2.94. The summed E-state index contributed by atoms with van der Waals surface area (Å²) in [5, 5.41) is 0. The van der Waals surface area contributed by atoms with Crippen molar-refractivity contribution < 1.29 is 9.47 Å². The van der Waals surface area contributed by atoms with Gasteiger partial charge in [-0.3, -0.25) is 0 Å². The highest BCUT2D eigenvalue weighted by molar-refractivity contribution is 5.41. The molecule has 0 amide bonds. The van der Waals surface area contributed by atoms with Crippen molar-refractivity contribution in [2.75, 3.05) is 7.11 Å². The first kappa shape index (κ1) is 10.5. The van der Waals surface area contributed by atoms with E-state index in [1.165, 1.54) is 11.1 Å². The standard InChI is InChI=1S/C13H18O2/c1-8(2)10-5-6-12(14-4)11(7-10)13-9(3)15-13/h5-9,13H,1-4H3. The van der Waals surface area contributed by atoms with Gasteiger partial charge in [-0.25, -0.2) is 0 Å². The Balaban J connectivity index is 2.35. The van der Waals surface area contributed by atoms with Gasteiger partial charge in [-0.15, -0.1) is 0 Å². The first-order chi connectivity index (χ1) is 7.13. The van der Waals surface area contributed by atoms with Crippen molar-refractivity contribution in [2.24, 2.45) is 0 Å². The Kier molecular flexibility index (Phi) is 2.70. The second kappa shape index (κ2) is 3.86. The minimum Gasteiger partial charge on any atom is -0.496 e. The van der Waals surface area contributed by atoms with Gasteiger partial charge in [0, 0.05) is 5.56 Å². The molecule has 0 aliphatic carbocycles. The third kappa shape index (κ3) is 2.00. The van der Waals surface area contributed by atoms with Crippen LogP contribution in [0.1, 0.15) is 43.9 Å². The molecule has 1 aromatic rings. The molecule has 2 atom stereocenters. The van der Waals surface area contributed by atoms with Crippen LogP contribution < -0.4 is 4.74 Å². The van der Waals surface area contributed by atoms with E-state index in [1.54, 1.807) is 7.11 Å². The molecule has 1 aliphatic heterocycles. The number of ether oxygens (including phenoxy) is 2. The van der Waals surface area contributed by atoms with E-state index in [-0.39, 0.29) is 6.10 Å². The van der Waals surface area contributed by atoms with Crippen molar-refractivity contribution in [3.05, 3.63) is 29.3 Å². The minimum absolute atomic E-state index is 0.235. The lowest BCUT2D eigenvalue weighted by atomic mass is 9.98. The maximum atomic E-state index is 5.50. The highest BCUT2D eigenvalue weighted by atomic mass is 16.6. The van der Waals surface area contributed by atoms with Crippen LogP contribution in [0.2, 0.25) is 0 Å². The number of methoxy groups -OCH3 is 1. The van der Waals surface area contributed by atoms with E-state index in [0.717, 1.165) is 5.75 Å². The molecule has 2 nitrogen and oxygen atoms in total. The Labute approximate surface area is 91.2 Å². The molecule has 0 saturated carbocycles. The van der Waals surface area contributed by atoms with Crippen LogP contribution in [0.25, 0.3) is 0 Å². The molecule has 1 saturated heterocycles. The van der Waals surface area contributed by atoms with Gasteiger partial charge in [-0.1, -0.05) is 19.9 Å². The van der Waals surface area contributed by atoms with Crippen molar-refractivity contribution in [1.82, 2.24) is 0 Å². The molecule has 0 N–H and O–H groups in total. The lowest BCUT2D eigenvalue weighted by Crippen LogP contribution is -1.95. The molecule has 1 fully saturated rings. The normalized spacial score (nSPS) is 24.3. The molecule has 1 aliphatic rings. The number of rotatable bonds is 3. The molecule has 2 heteroatoms. The summed E-state index contributed by atoms with van der Waals surface area (Å²) in [4.78, 5) is 0. The second-order valence-electron chi connectivity index (χ2n) is 4.42. The van der Waals surface area contributed by atoms with E-state index in [2.05, 4.69) is 32.9 Å². The van der Waals surface area contributed by atoms with E-state index < -0.39 is 0 Å². The third-order valence-corrected chi connectivity index (χ3v) is 2.94. The molecular formula is C13H18O2. The Hall–Kier alpha value is -1.02. The lowest BCUT2D eigenvalue weighted by Gasteiger charge is -2.11. The second-order valence-corrected chi connectivity index (χ2v) is 4.42. The van der Waals surface area contributed by atoms with Crippen LogP contribution in [-0.2, 0) is 4.74 Å². The fourth-order valence-corrected chi connectivity index (χ4v) is 1.85. The van der Waals surface area contributed by atoms with Crippen LogP contribution in [-0.4, -0.2) is 13.2 Å². The maximum Gasteiger partial charge on any atom is 0.124 e. The largest absolute Gasteiger partial charge is 0.496 e. The van der Waals surface area contributed by atoms with Crippen LogP contribution in [0, 0.1) is 0 Å². The van der Waals surface area contributed by atoms with Crippen LogP contribution in [0.3, 0.4) is 0 Å². The zero-order chi connectivity index (χ0) is 11.0. The Morgan fingerprint density at radius 3 is 2.47 bits per heavy atom. The van der Waals surface area contributed by atoms with Crippen LogP contribution in [0.5, 0.6) is 5.75 Å². The average molecular weight is 206 g/mol. The van der Waals surface area contributed by atoms with Crippen molar-refractivity contribution in [3.8, 4) is 5.75 Å². The minimum atomic E-state index is 0.235. The first-order valence-corrected chi connectivity index (χ1v) is 5.46. The van der Waals surface area contributed by atoms with Gasteiger partial charge in [0.15, 0.2) is 0 Å². The Bertz CT molecular complexity index is 358. The molecule has 0 aromatic heterocycles. The molecule has 0 spiro atoms. The fourth-order valence-electron chi connectivity index (χ4n) is 1.85. The molecule has 2 rings (SSSR count). The number of benzene rings is 1. The highest BCUT2D eigenvalue weighted by Gasteiger charge is 2.38. The zero-order valence-corrected chi connectivity index (χ0v) is 9.78. The van der Waals surface area contributed by atoms with Crippen molar-refractivity contribution in [1.29, 1.82) is 0 Å².